The Kier molecular flexibility index (Phi) is 18.3. The quantitative estimate of drug-likeness (QED) is 0.321. The summed E-state index contributed by atoms with van der Waals surface area (Å²) >= 11 is 0. The van der Waals surface area contributed by atoms with Crippen LogP contribution in [0.3, 0.4) is 0 Å². The summed E-state index contributed by atoms with van der Waals surface area (Å²) < 4.78 is 0. The fraction of sp³-hybridized carbons (Fsp3) is 0.333. The van der Waals surface area contributed by atoms with E-state index in [9.17, 15) is 9.59 Å². The van der Waals surface area contributed by atoms with Crippen molar-refractivity contribution in [3.63, 3.8) is 0 Å². The van der Waals surface area contributed by atoms with Crippen LogP contribution in [0.15, 0.2) is 0 Å². The fourth-order valence-electron chi connectivity index (χ4n) is 0.129. The summed E-state index contributed by atoms with van der Waals surface area (Å²) in [4.78, 5) is 18.9. The first-order valence-corrected chi connectivity index (χ1v) is 1.82. The van der Waals surface area contributed by atoms with E-state index in [0.717, 1.165) is 0 Å². The smallest absolute Gasteiger partial charge is 0.314 e. The van der Waals surface area contributed by atoms with Crippen LogP contribution >= 0.6 is 0 Å². The minimum absolute atomic E-state index is 0. The Morgan fingerprint density at radius 3 is 1.30 bits per heavy atom. The molecule has 0 rings (SSSR count). The maximum atomic E-state index is 9.43. The normalized spacial score (nSPS) is 6.20. The van der Waals surface area contributed by atoms with Crippen LogP contribution in [0.2, 0.25) is 0 Å². The first-order valence-electron chi connectivity index (χ1n) is 1.82. The third-order valence-corrected chi connectivity index (χ3v) is 0.302. The molecule has 10 heavy (non-hydrogen) atoms. The van der Waals surface area contributed by atoms with Gasteiger partial charge < -0.3 is 15.4 Å². The number of hydrogen-bond donors (Lipinski definition) is 4. The number of aliphatic carboxylic acids is 2. The van der Waals surface area contributed by atoms with Gasteiger partial charge in [0.1, 0.15) is 6.42 Å². The minimum atomic E-state index is -1.31. The molecule has 0 aromatic rings. The molecule has 0 aliphatic carbocycles. The molecule has 0 heterocycles. The van der Waals surface area contributed by atoms with Gasteiger partial charge in [0.25, 0.3) is 0 Å². The van der Waals surface area contributed by atoms with Gasteiger partial charge in [-0.15, -0.1) is 0 Å². The zero-order valence-corrected chi connectivity index (χ0v) is 6.29. The number of rotatable bonds is 2. The zero-order chi connectivity index (χ0) is 7.86. The van der Waals surface area contributed by atoms with Gasteiger partial charge in [-0.25, -0.2) is 5.90 Å². The molecule has 0 aromatic carbocycles. The van der Waals surface area contributed by atoms with E-state index in [1.165, 1.54) is 0 Å². The van der Waals surface area contributed by atoms with Crippen LogP contribution in [-0.4, -0.2) is 27.4 Å². The van der Waals surface area contributed by atoms with Crippen LogP contribution < -0.4 is 5.90 Å². The molecule has 0 aliphatic heterocycles. The minimum Gasteiger partial charge on any atom is -0.481 e. The molecule has 0 saturated heterocycles. The van der Waals surface area contributed by atoms with Crippen molar-refractivity contribution in [3.8, 4) is 0 Å². The van der Waals surface area contributed by atoms with E-state index in [4.69, 9.17) is 15.4 Å². The maximum absolute atomic E-state index is 9.43. The molecular formula is C3H7NO5V. The van der Waals surface area contributed by atoms with Crippen molar-refractivity contribution in [1.82, 2.24) is 0 Å². The Bertz CT molecular complexity index is 93.1. The fourth-order valence-corrected chi connectivity index (χ4v) is 0.129. The average Bonchev–Trinajstić information content (AvgIpc) is 1.68. The summed E-state index contributed by atoms with van der Waals surface area (Å²) in [7, 11) is 0. The first-order chi connectivity index (χ1) is 4.13. The Labute approximate surface area is 68.5 Å². The van der Waals surface area contributed by atoms with E-state index < -0.39 is 18.4 Å². The summed E-state index contributed by atoms with van der Waals surface area (Å²) in [5.41, 5.74) is 0. The Hall–Kier alpha value is -0.556. The molecule has 0 fully saturated rings. The molecule has 5 N–H and O–H groups in total. The van der Waals surface area contributed by atoms with Gasteiger partial charge in [-0.2, -0.15) is 0 Å². The molecule has 7 heteroatoms. The van der Waals surface area contributed by atoms with Crippen LogP contribution in [0.25, 0.3) is 0 Å². The summed E-state index contributed by atoms with van der Waals surface area (Å²) in [6.07, 6.45) is -0.806. The van der Waals surface area contributed by atoms with Crippen molar-refractivity contribution in [2.24, 2.45) is 5.90 Å². The van der Waals surface area contributed by atoms with Crippen molar-refractivity contribution in [3.05, 3.63) is 0 Å². The number of carboxylic acids is 2. The summed E-state index contributed by atoms with van der Waals surface area (Å²) in [5.74, 6) is 0.875. The molecule has 0 spiro atoms. The molecule has 6 nitrogen and oxygen atoms in total. The average molecular weight is 188 g/mol. The van der Waals surface area contributed by atoms with E-state index in [-0.39, 0.29) is 18.6 Å². The maximum Gasteiger partial charge on any atom is 0.314 e. The SMILES string of the molecule is NO.O=C(O)CC(=O)O.[V]. The molecule has 0 atom stereocenters. The van der Waals surface area contributed by atoms with Gasteiger partial charge in [0, 0.05) is 18.6 Å². The van der Waals surface area contributed by atoms with Gasteiger partial charge in [0.05, 0.1) is 0 Å². The molecule has 0 amide bonds. The standard InChI is InChI=1S/C3H4O4.H3NO.V/c4-2(5)1-3(6)7;1-2;/h1H2,(H,4,5)(H,6,7);2H,1H2;. The van der Waals surface area contributed by atoms with E-state index in [1.54, 1.807) is 0 Å². The van der Waals surface area contributed by atoms with Crippen LogP contribution in [0.5, 0.6) is 0 Å². The molecule has 0 aliphatic rings. The second-order valence-electron chi connectivity index (χ2n) is 0.964. The van der Waals surface area contributed by atoms with Gasteiger partial charge in [-0.3, -0.25) is 9.59 Å². The van der Waals surface area contributed by atoms with Crippen molar-refractivity contribution >= 4 is 11.9 Å². The van der Waals surface area contributed by atoms with Crippen LogP contribution in [-0.2, 0) is 28.1 Å². The second kappa shape index (κ2) is 11.3. The largest absolute Gasteiger partial charge is 0.481 e. The van der Waals surface area contributed by atoms with Crippen molar-refractivity contribution in [1.29, 1.82) is 0 Å². The zero-order valence-electron chi connectivity index (χ0n) is 4.89. The van der Waals surface area contributed by atoms with Crippen molar-refractivity contribution < 1.29 is 43.6 Å². The predicted octanol–water partition coefficient (Wildman–Crippen LogP) is -1.12. The van der Waals surface area contributed by atoms with Gasteiger partial charge in [-0.1, -0.05) is 0 Å². The Morgan fingerprint density at radius 2 is 1.30 bits per heavy atom. The van der Waals surface area contributed by atoms with Gasteiger partial charge in [-0.05, 0) is 0 Å². The van der Waals surface area contributed by atoms with Crippen LogP contribution in [0.1, 0.15) is 6.42 Å². The van der Waals surface area contributed by atoms with Crippen molar-refractivity contribution in [2.45, 2.75) is 6.42 Å². The predicted molar refractivity (Wildman–Crippen MR) is 25.9 cm³/mol. The monoisotopic (exact) mass is 188 g/mol. The summed E-state index contributed by atoms with van der Waals surface area (Å²) in [5, 5.41) is 21.9. The van der Waals surface area contributed by atoms with Gasteiger partial charge in [0.15, 0.2) is 0 Å². The van der Waals surface area contributed by atoms with Gasteiger partial charge >= 0.3 is 11.9 Å². The van der Waals surface area contributed by atoms with Gasteiger partial charge in [0.2, 0.25) is 0 Å². The molecule has 59 valence electrons. The topological polar surface area (TPSA) is 121 Å². The number of nitrogens with two attached hydrogens (primary N) is 1. The molecule has 0 aromatic heterocycles. The summed E-state index contributed by atoms with van der Waals surface area (Å²) in [6.45, 7) is 0. The molecule has 0 bridgehead atoms. The number of hydrogen-bond acceptors (Lipinski definition) is 4. The van der Waals surface area contributed by atoms with E-state index in [2.05, 4.69) is 5.90 Å². The van der Waals surface area contributed by atoms with E-state index in [1.807, 2.05) is 0 Å². The van der Waals surface area contributed by atoms with E-state index in [0.29, 0.717) is 0 Å². The molecular weight excluding hydrogens is 181 g/mol. The van der Waals surface area contributed by atoms with Crippen LogP contribution in [0.4, 0.5) is 0 Å². The first kappa shape index (κ1) is 16.2. The second-order valence-corrected chi connectivity index (χ2v) is 0.964. The van der Waals surface area contributed by atoms with Crippen LogP contribution in [0, 0.1) is 0 Å². The number of carboxylic acid groups (broad SMARTS) is 2. The van der Waals surface area contributed by atoms with Crippen molar-refractivity contribution in [2.75, 3.05) is 0 Å². The Balaban J connectivity index is -0.000000149. The molecule has 1 radical (unpaired) electrons. The molecule has 0 saturated carbocycles. The number of carbonyl (C=O) groups is 2. The third kappa shape index (κ3) is 26.1. The Morgan fingerprint density at radius 1 is 1.10 bits per heavy atom. The molecule has 0 unspecified atom stereocenters. The third-order valence-electron chi connectivity index (χ3n) is 0.302. The van der Waals surface area contributed by atoms with E-state index >= 15 is 0 Å². The summed E-state index contributed by atoms with van der Waals surface area (Å²) in [6, 6.07) is 0.